The van der Waals surface area contributed by atoms with Gasteiger partial charge in [-0.3, -0.25) is 4.99 Å². The molecule has 0 saturated heterocycles. The van der Waals surface area contributed by atoms with Crippen molar-refractivity contribution in [1.82, 2.24) is 10.6 Å². The number of aliphatic imine (C=N–C) groups is 1. The van der Waals surface area contributed by atoms with Crippen LogP contribution in [0.4, 0.5) is 8.78 Å². The summed E-state index contributed by atoms with van der Waals surface area (Å²) in [5, 5.41) is 6.38. The highest BCUT2D eigenvalue weighted by molar-refractivity contribution is 14.0. The predicted octanol–water partition coefficient (Wildman–Crippen LogP) is 3.48. The monoisotopic (exact) mass is 411 g/mol. The van der Waals surface area contributed by atoms with E-state index in [-0.39, 0.29) is 29.8 Å². The highest BCUT2D eigenvalue weighted by Crippen LogP contribution is 2.10. The molecule has 0 bridgehead atoms. The van der Waals surface area contributed by atoms with Crippen LogP contribution >= 0.6 is 24.0 Å². The Balaban J connectivity index is 0.00000400. The first-order chi connectivity index (χ1) is 9.56. The van der Waals surface area contributed by atoms with Crippen molar-refractivity contribution in [1.29, 1.82) is 0 Å². The zero-order valence-electron chi connectivity index (χ0n) is 12.7. The topological polar surface area (TPSA) is 36.4 Å². The summed E-state index contributed by atoms with van der Waals surface area (Å²) < 4.78 is 26.5. The van der Waals surface area contributed by atoms with Crippen molar-refractivity contribution in [2.75, 3.05) is 13.1 Å². The second-order valence-corrected chi connectivity index (χ2v) is 4.70. The number of halogens is 3. The first kappa shape index (κ1) is 20.1. The molecule has 21 heavy (non-hydrogen) atoms. The lowest BCUT2D eigenvalue weighted by Crippen LogP contribution is -2.42. The van der Waals surface area contributed by atoms with E-state index < -0.39 is 5.82 Å². The summed E-state index contributed by atoms with van der Waals surface area (Å²) in [6, 6.07) is 3.81. The number of guanidine groups is 1. The number of rotatable bonds is 6. The standard InChI is InChI=1S/C15H23F2N3.HI/c1-4-11(3)20-15(18-5-2)19-9-8-12-10-13(16)6-7-14(12)17;/h6-7,10-11H,4-5,8-9H2,1-3H3,(H2,18,19,20);1H. The molecule has 0 amide bonds. The van der Waals surface area contributed by atoms with Crippen LogP contribution in [0.5, 0.6) is 0 Å². The molecule has 0 aliphatic carbocycles. The summed E-state index contributed by atoms with van der Waals surface area (Å²) in [6.07, 6.45) is 1.36. The van der Waals surface area contributed by atoms with Crippen LogP contribution in [0.2, 0.25) is 0 Å². The molecule has 0 aliphatic rings. The Labute approximate surface area is 142 Å². The molecular weight excluding hydrogens is 387 g/mol. The van der Waals surface area contributed by atoms with E-state index in [1.807, 2.05) is 6.92 Å². The third-order valence-corrected chi connectivity index (χ3v) is 3.00. The fraction of sp³-hybridized carbons (Fsp3) is 0.533. The number of nitrogens with zero attached hydrogens (tertiary/aromatic N) is 1. The number of hydrogen-bond donors (Lipinski definition) is 2. The van der Waals surface area contributed by atoms with Gasteiger partial charge in [0.15, 0.2) is 5.96 Å². The fourth-order valence-corrected chi connectivity index (χ4v) is 1.68. The number of benzene rings is 1. The number of nitrogens with one attached hydrogen (secondary N) is 2. The second-order valence-electron chi connectivity index (χ2n) is 4.70. The maximum Gasteiger partial charge on any atom is 0.191 e. The van der Waals surface area contributed by atoms with Crippen LogP contribution in [0, 0.1) is 11.6 Å². The van der Waals surface area contributed by atoms with Crippen molar-refractivity contribution in [3.05, 3.63) is 35.4 Å². The highest BCUT2D eigenvalue weighted by Gasteiger charge is 2.05. The van der Waals surface area contributed by atoms with Gasteiger partial charge in [0.25, 0.3) is 0 Å². The fourth-order valence-electron chi connectivity index (χ4n) is 1.68. The van der Waals surface area contributed by atoms with Gasteiger partial charge in [-0.05, 0) is 50.5 Å². The van der Waals surface area contributed by atoms with Gasteiger partial charge in [0.1, 0.15) is 11.6 Å². The van der Waals surface area contributed by atoms with Gasteiger partial charge in [-0.1, -0.05) is 6.92 Å². The molecule has 0 saturated carbocycles. The smallest absolute Gasteiger partial charge is 0.191 e. The molecule has 1 aromatic rings. The summed E-state index contributed by atoms with van der Waals surface area (Å²) in [6.45, 7) is 7.31. The van der Waals surface area contributed by atoms with E-state index >= 15 is 0 Å². The lowest BCUT2D eigenvalue weighted by molar-refractivity contribution is 0.584. The van der Waals surface area contributed by atoms with Crippen LogP contribution in [0.3, 0.4) is 0 Å². The minimum absolute atomic E-state index is 0. The molecule has 0 heterocycles. The Morgan fingerprint density at radius 2 is 2.00 bits per heavy atom. The van der Waals surface area contributed by atoms with E-state index in [1.165, 1.54) is 6.07 Å². The van der Waals surface area contributed by atoms with Crippen LogP contribution in [-0.4, -0.2) is 25.1 Å². The van der Waals surface area contributed by atoms with E-state index in [2.05, 4.69) is 29.5 Å². The van der Waals surface area contributed by atoms with Gasteiger partial charge < -0.3 is 10.6 Å². The van der Waals surface area contributed by atoms with Gasteiger partial charge >= 0.3 is 0 Å². The minimum Gasteiger partial charge on any atom is -0.357 e. The van der Waals surface area contributed by atoms with Crippen LogP contribution in [0.15, 0.2) is 23.2 Å². The Morgan fingerprint density at radius 3 is 2.62 bits per heavy atom. The molecular formula is C15H24F2IN3. The molecule has 2 N–H and O–H groups in total. The quantitative estimate of drug-likeness (QED) is 0.427. The predicted molar refractivity (Wildman–Crippen MR) is 94.3 cm³/mol. The first-order valence-electron chi connectivity index (χ1n) is 7.05. The molecule has 1 aromatic carbocycles. The Morgan fingerprint density at radius 1 is 1.29 bits per heavy atom. The lowest BCUT2D eigenvalue weighted by Gasteiger charge is -2.16. The summed E-state index contributed by atoms with van der Waals surface area (Å²) in [4.78, 5) is 4.37. The van der Waals surface area contributed by atoms with Crippen LogP contribution in [0.1, 0.15) is 32.8 Å². The average Bonchev–Trinajstić information content (AvgIpc) is 2.42. The largest absolute Gasteiger partial charge is 0.357 e. The van der Waals surface area contributed by atoms with E-state index in [1.54, 1.807) is 0 Å². The molecule has 120 valence electrons. The molecule has 0 spiro atoms. The van der Waals surface area contributed by atoms with E-state index in [9.17, 15) is 8.78 Å². The number of hydrogen-bond acceptors (Lipinski definition) is 1. The summed E-state index contributed by atoms with van der Waals surface area (Å²) in [5.41, 5.74) is 0.355. The highest BCUT2D eigenvalue weighted by atomic mass is 127. The first-order valence-corrected chi connectivity index (χ1v) is 7.05. The minimum atomic E-state index is -0.421. The maximum atomic E-state index is 13.5. The van der Waals surface area contributed by atoms with Crippen molar-refractivity contribution in [3.8, 4) is 0 Å². The van der Waals surface area contributed by atoms with Gasteiger partial charge in [-0.15, -0.1) is 24.0 Å². The molecule has 1 unspecified atom stereocenters. The van der Waals surface area contributed by atoms with E-state index in [0.717, 1.165) is 25.1 Å². The molecule has 6 heteroatoms. The molecule has 1 atom stereocenters. The van der Waals surface area contributed by atoms with Crippen molar-refractivity contribution < 1.29 is 8.78 Å². The van der Waals surface area contributed by atoms with Crippen molar-refractivity contribution in [2.45, 2.75) is 39.7 Å². The molecule has 0 radical (unpaired) electrons. The normalized spacial score (nSPS) is 12.5. The SMILES string of the molecule is CCNC(=NCCc1cc(F)ccc1F)NC(C)CC.I. The van der Waals surface area contributed by atoms with Gasteiger partial charge in [0.05, 0.1) is 0 Å². The molecule has 0 aliphatic heterocycles. The van der Waals surface area contributed by atoms with Gasteiger partial charge in [-0.25, -0.2) is 8.78 Å². The summed E-state index contributed by atoms with van der Waals surface area (Å²) >= 11 is 0. The van der Waals surface area contributed by atoms with Crippen molar-refractivity contribution in [2.24, 2.45) is 4.99 Å². The van der Waals surface area contributed by atoms with Crippen LogP contribution in [0.25, 0.3) is 0 Å². The van der Waals surface area contributed by atoms with Crippen molar-refractivity contribution in [3.63, 3.8) is 0 Å². The van der Waals surface area contributed by atoms with Crippen LogP contribution in [-0.2, 0) is 6.42 Å². The Kier molecular flexibility index (Phi) is 10.3. The van der Waals surface area contributed by atoms with Gasteiger partial charge in [0, 0.05) is 19.1 Å². The third-order valence-electron chi connectivity index (χ3n) is 3.00. The molecule has 0 aromatic heterocycles. The molecule has 1 rings (SSSR count). The molecule has 3 nitrogen and oxygen atoms in total. The van der Waals surface area contributed by atoms with E-state index in [0.29, 0.717) is 30.5 Å². The second kappa shape index (κ2) is 10.8. The maximum absolute atomic E-state index is 13.5. The van der Waals surface area contributed by atoms with Crippen molar-refractivity contribution >= 4 is 29.9 Å². The third kappa shape index (κ3) is 7.59. The zero-order chi connectivity index (χ0) is 15.0. The average molecular weight is 411 g/mol. The van der Waals surface area contributed by atoms with Gasteiger partial charge in [0.2, 0.25) is 0 Å². The Bertz CT molecular complexity index is 453. The zero-order valence-corrected chi connectivity index (χ0v) is 15.1. The van der Waals surface area contributed by atoms with Gasteiger partial charge in [-0.2, -0.15) is 0 Å². The van der Waals surface area contributed by atoms with E-state index in [4.69, 9.17) is 0 Å². The molecule has 0 fully saturated rings. The lowest BCUT2D eigenvalue weighted by atomic mass is 10.1. The van der Waals surface area contributed by atoms with Crippen LogP contribution < -0.4 is 10.6 Å². The summed E-state index contributed by atoms with van der Waals surface area (Å²) in [5.74, 6) is -0.102. The Hall–Kier alpha value is -0.920. The summed E-state index contributed by atoms with van der Waals surface area (Å²) in [7, 11) is 0.